The molecule has 2 amide bonds. The van der Waals surface area contributed by atoms with Crippen molar-refractivity contribution in [2.24, 2.45) is 5.16 Å². The van der Waals surface area contributed by atoms with E-state index in [1.165, 1.54) is 17.8 Å². The number of nitrogens with two attached hydrogens (primary N) is 1. The van der Waals surface area contributed by atoms with Gasteiger partial charge in [0.1, 0.15) is 17.1 Å². The molecule has 1 aromatic heterocycles. The van der Waals surface area contributed by atoms with E-state index in [1.54, 1.807) is 0 Å². The molecule has 1 aromatic rings. The van der Waals surface area contributed by atoms with E-state index in [2.05, 4.69) is 26.4 Å². The van der Waals surface area contributed by atoms with Crippen LogP contribution in [0.3, 0.4) is 0 Å². The number of allylic oxidation sites excluding steroid dienone is 1. The van der Waals surface area contributed by atoms with Gasteiger partial charge in [0.2, 0.25) is 11.5 Å². The summed E-state index contributed by atoms with van der Waals surface area (Å²) in [4.78, 5) is 41.0. The molecule has 2 aliphatic rings. The summed E-state index contributed by atoms with van der Waals surface area (Å²) in [6, 6.07) is -0.971. The molecule has 11 nitrogen and oxygen atoms in total. The summed E-state index contributed by atoms with van der Waals surface area (Å²) in [6.07, 6.45) is 1.39. The third kappa shape index (κ3) is 2.80. The van der Waals surface area contributed by atoms with Crippen LogP contribution in [0.15, 0.2) is 29.1 Å². The lowest BCUT2D eigenvalue weighted by molar-refractivity contribution is -0.150. The first-order chi connectivity index (χ1) is 12.4. The van der Waals surface area contributed by atoms with Gasteiger partial charge < -0.3 is 21.4 Å². The van der Waals surface area contributed by atoms with Gasteiger partial charge in [-0.2, -0.15) is 9.36 Å². The van der Waals surface area contributed by atoms with Crippen LogP contribution in [0.4, 0.5) is 5.13 Å². The molecule has 0 aromatic carbocycles. The van der Waals surface area contributed by atoms with E-state index < -0.39 is 34.9 Å². The van der Waals surface area contributed by atoms with Crippen LogP contribution in [0.2, 0.25) is 0 Å². The number of oxime groups is 1. The molecule has 0 saturated carbocycles. The number of rotatable bonds is 5. The summed E-state index contributed by atoms with van der Waals surface area (Å²) in [5.74, 6) is -2.55. The predicted molar refractivity (Wildman–Crippen MR) is 92.5 cm³/mol. The number of aromatic nitrogens is 2. The number of aliphatic carboxylic acids is 1. The van der Waals surface area contributed by atoms with Crippen LogP contribution < -0.4 is 11.1 Å². The van der Waals surface area contributed by atoms with Gasteiger partial charge >= 0.3 is 5.97 Å². The number of hydrogen-bond acceptors (Lipinski definition) is 10. The SMILES string of the molecule is C=CC1=C(C(=O)O)N2C(=O)[C@@H](NC(=O)/C(=N\O)c3nsc(N)n3)[C@H]2SC1. The minimum atomic E-state index is -1.25. The first-order valence-electron chi connectivity index (χ1n) is 7.05. The van der Waals surface area contributed by atoms with Crippen molar-refractivity contribution in [3.8, 4) is 0 Å². The van der Waals surface area contributed by atoms with Crippen molar-refractivity contribution in [2.75, 3.05) is 11.5 Å². The number of amides is 2. The lowest BCUT2D eigenvalue weighted by Gasteiger charge is -2.49. The zero-order chi connectivity index (χ0) is 19.0. The molecule has 136 valence electrons. The number of hydrogen-bond donors (Lipinski definition) is 4. The number of nitrogens with one attached hydrogen (secondary N) is 1. The van der Waals surface area contributed by atoms with Gasteiger partial charge in [0.25, 0.3) is 11.8 Å². The zero-order valence-electron chi connectivity index (χ0n) is 12.9. The van der Waals surface area contributed by atoms with Gasteiger partial charge in [-0.15, -0.1) is 11.8 Å². The standard InChI is InChI=1S/C13H12N6O5S2/c1-2-4-3-25-11-6(10(21)19(11)7(4)12(22)23)15-9(20)5(17-24)8-16-13(14)26-18-8/h2,6,11,24H,1,3H2,(H,15,20)(H,22,23)(H2,14,16,18)/b17-5-/t6-,11-/m1/s1. The number of fused-ring (bicyclic) bond motifs is 1. The monoisotopic (exact) mass is 396 g/mol. The van der Waals surface area contributed by atoms with Crippen LogP contribution in [-0.2, 0) is 14.4 Å². The number of nitrogen functional groups attached to an aromatic ring is 1. The Labute approximate surface area is 154 Å². The lowest BCUT2D eigenvalue weighted by Crippen LogP contribution is -2.71. The van der Waals surface area contributed by atoms with E-state index in [9.17, 15) is 19.5 Å². The summed E-state index contributed by atoms with van der Waals surface area (Å²) in [5, 5.41) is 23.2. The Bertz CT molecular complexity index is 878. The third-order valence-corrected chi connectivity index (χ3v) is 5.55. The van der Waals surface area contributed by atoms with Gasteiger partial charge in [0, 0.05) is 17.3 Å². The van der Waals surface area contributed by atoms with Crippen molar-refractivity contribution in [1.82, 2.24) is 19.6 Å². The second kappa shape index (κ2) is 6.76. The largest absolute Gasteiger partial charge is 0.477 e. The fraction of sp³-hybridized carbons (Fsp3) is 0.231. The summed E-state index contributed by atoms with van der Waals surface area (Å²) in [5.41, 5.74) is 5.22. The van der Waals surface area contributed by atoms with Crippen molar-refractivity contribution < 1.29 is 24.7 Å². The maximum Gasteiger partial charge on any atom is 0.352 e. The molecule has 0 spiro atoms. The van der Waals surface area contributed by atoms with Crippen molar-refractivity contribution >= 4 is 51.9 Å². The molecule has 5 N–H and O–H groups in total. The van der Waals surface area contributed by atoms with Crippen LogP contribution in [0.25, 0.3) is 0 Å². The van der Waals surface area contributed by atoms with Crippen molar-refractivity contribution in [1.29, 1.82) is 0 Å². The highest BCUT2D eigenvalue weighted by molar-refractivity contribution is 8.00. The van der Waals surface area contributed by atoms with Crippen LogP contribution >= 0.6 is 23.3 Å². The van der Waals surface area contributed by atoms with Crippen LogP contribution in [0, 0.1) is 0 Å². The summed E-state index contributed by atoms with van der Waals surface area (Å²) in [6.45, 7) is 3.55. The van der Waals surface area contributed by atoms with E-state index in [0.717, 1.165) is 16.4 Å². The maximum absolute atomic E-state index is 12.4. The summed E-state index contributed by atoms with van der Waals surface area (Å²) >= 11 is 2.10. The van der Waals surface area contributed by atoms with Crippen LogP contribution in [-0.4, -0.2) is 65.2 Å². The molecule has 0 aliphatic carbocycles. The van der Waals surface area contributed by atoms with Crippen LogP contribution in [0.1, 0.15) is 5.82 Å². The quantitative estimate of drug-likeness (QED) is 0.216. The smallest absolute Gasteiger partial charge is 0.352 e. The predicted octanol–water partition coefficient (Wildman–Crippen LogP) is -0.777. The van der Waals surface area contributed by atoms with E-state index in [-0.39, 0.29) is 16.7 Å². The summed E-state index contributed by atoms with van der Waals surface area (Å²) in [7, 11) is 0. The number of β-lactam (4-membered cyclic amide) rings is 1. The average molecular weight is 396 g/mol. The molecule has 2 atom stereocenters. The van der Waals surface area contributed by atoms with E-state index in [0.29, 0.717) is 11.3 Å². The number of carboxylic acids is 1. The highest BCUT2D eigenvalue weighted by Crippen LogP contribution is 2.40. The molecule has 1 saturated heterocycles. The van der Waals surface area contributed by atoms with Crippen LogP contribution in [0.5, 0.6) is 0 Å². The molecule has 26 heavy (non-hydrogen) atoms. The van der Waals surface area contributed by atoms with E-state index in [4.69, 9.17) is 10.9 Å². The Kier molecular flexibility index (Phi) is 4.65. The number of carbonyl (C=O) groups is 3. The second-order valence-electron chi connectivity index (χ2n) is 5.15. The molecular formula is C13H12N6O5S2. The number of anilines is 1. The Morgan fingerprint density at radius 3 is 2.77 bits per heavy atom. The van der Waals surface area contributed by atoms with Gasteiger partial charge in [-0.3, -0.25) is 14.5 Å². The Morgan fingerprint density at radius 2 is 2.23 bits per heavy atom. The first-order valence-corrected chi connectivity index (χ1v) is 8.87. The maximum atomic E-state index is 12.4. The van der Waals surface area contributed by atoms with Gasteiger partial charge in [-0.05, 0) is 5.57 Å². The lowest BCUT2D eigenvalue weighted by atomic mass is 10.0. The number of carboxylic acid groups (broad SMARTS) is 1. The van der Waals surface area contributed by atoms with Crippen molar-refractivity contribution in [2.45, 2.75) is 11.4 Å². The molecule has 3 heterocycles. The molecule has 13 heteroatoms. The molecule has 0 bridgehead atoms. The van der Waals surface area contributed by atoms with Gasteiger partial charge in [0.15, 0.2) is 5.13 Å². The summed E-state index contributed by atoms with van der Waals surface area (Å²) < 4.78 is 3.77. The number of carbonyl (C=O) groups excluding carboxylic acids is 2. The van der Waals surface area contributed by atoms with Crippen molar-refractivity contribution in [3.63, 3.8) is 0 Å². The van der Waals surface area contributed by atoms with Gasteiger partial charge in [-0.25, -0.2) is 4.79 Å². The Morgan fingerprint density at radius 1 is 1.50 bits per heavy atom. The first kappa shape index (κ1) is 17.9. The Balaban J connectivity index is 1.78. The zero-order valence-corrected chi connectivity index (χ0v) is 14.6. The fourth-order valence-electron chi connectivity index (χ4n) is 2.53. The molecule has 1 fully saturated rings. The third-order valence-electron chi connectivity index (χ3n) is 3.70. The normalized spacial score (nSPS) is 22.5. The van der Waals surface area contributed by atoms with Crippen molar-refractivity contribution in [3.05, 3.63) is 29.7 Å². The van der Waals surface area contributed by atoms with E-state index in [1.807, 2.05) is 0 Å². The molecule has 3 rings (SSSR count). The highest BCUT2D eigenvalue weighted by Gasteiger charge is 2.54. The number of nitrogens with zero attached hydrogens (tertiary/aromatic N) is 4. The number of thioether (sulfide) groups is 1. The molecule has 0 radical (unpaired) electrons. The molecular weight excluding hydrogens is 384 g/mol. The van der Waals surface area contributed by atoms with Gasteiger partial charge in [-0.1, -0.05) is 17.8 Å². The minimum Gasteiger partial charge on any atom is -0.477 e. The fourth-order valence-corrected chi connectivity index (χ4v) is 4.31. The Hall–Kier alpha value is -2.93. The molecule has 2 aliphatic heterocycles. The topological polar surface area (TPSA) is 171 Å². The molecule has 0 unspecified atom stereocenters. The average Bonchev–Trinajstić information content (AvgIpc) is 3.04. The van der Waals surface area contributed by atoms with E-state index >= 15 is 0 Å². The van der Waals surface area contributed by atoms with Gasteiger partial charge in [0.05, 0.1) is 0 Å². The minimum absolute atomic E-state index is 0.0795. The second-order valence-corrected chi connectivity index (χ2v) is 7.04. The highest BCUT2D eigenvalue weighted by atomic mass is 32.2.